The van der Waals surface area contributed by atoms with Crippen molar-refractivity contribution in [2.45, 2.75) is 0 Å². The fourth-order valence-electron chi connectivity index (χ4n) is 1.08. The van der Waals surface area contributed by atoms with Gasteiger partial charge >= 0.3 is 0 Å². The van der Waals surface area contributed by atoms with Gasteiger partial charge in [0.1, 0.15) is 11.4 Å². The molecule has 2 rings (SSSR count). The van der Waals surface area contributed by atoms with Crippen molar-refractivity contribution in [2.75, 3.05) is 7.11 Å². The molecule has 2 heterocycles. The second-order valence-corrected chi connectivity index (χ2v) is 3.45. The Morgan fingerprint density at radius 1 is 1.58 bits per heavy atom. The van der Waals surface area contributed by atoms with Gasteiger partial charge in [-0.1, -0.05) is 0 Å². The molecule has 0 saturated heterocycles. The second kappa shape index (κ2) is 2.93. The molecule has 0 saturated carbocycles. The number of hydrogen-bond acceptors (Lipinski definition) is 2. The summed E-state index contributed by atoms with van der Waals surface area (Å²) in [7, 11) is 1.64. The first-order valence-electron chi connectivity index (χ1n) is 3.48. The van der Waals surface area contributed by atoms with Crippen LogP contribution in [0, 0.1) is 0 Å². The summed E-state index contributed by atoms with van der Waals surface area (Å²) < 4.78 is 7.01. The second-order valence-electron chi connectivity index (χ2n) is 2.41. The molecule has 4 heteroatoms. The summed E-state index contributed by atoms with van der Waals surface area (Å²) in [6.07, 6.45) is 3.69. The molecule has 3 nitrogen and oxygen atoms in total. The molecule has 2 aromatic rings. The van der Waals surface area contributed by atoms with E-state index >= 15 is 0 Å². The number of methoxy groups -OCH3 is 1. The normalized spacial score (nSPS) is 10.5. The summed E-state index contributed by atoms with van der Waals surface area (Å²) in [5.41, 5.74) is 0.969. The van der Waals surface area contributed by atoms with Gasteiger partial charge in [-0.05, 0) is 12.1 Å². The number of ether oxygens (including phenoxy) is 1. The van der Waals surface area contributed by atoms with Gasteiger partial charge in [0.2, 0.25) is 0 Å². The van der Waals surface area contributed by atoms with E-state index < -0.39 is 0 Å². The lowest BCUT2D eigenvalue weighted by Gasteiger charge is -1.98. The molecule has 0 amide bonds. The van der Waals surface area contributed by atoms with Crippen molar-refractivity contribution in [1.29, 1.82) is 0 Å². The number of fused-ring (bicyclic) bond motifs is 1. The Morgan fingerprint density at radius 3 is 3.17 bits per heavy atom. The van der Waals surface area contributed by atoms with E-state index in [1.165, 1.54) is 0 Å². The molecule has 0 aliphatic rings. The molecular weight excluding hydrogens is 267 g/mol. The number of rotatable bonds is 1. The highest BCUT2D eigenvalue weighted by Crippen LogP contribution is 2.20. The number of hydrogen-bond donors (Lipinski definition) is 0. The van der Waals surface area contributed by atoms with Crippen molar-refractivity contribution >= 4 is 33.9 Å². The molecule has 0 radical (unpaired) electrons. The number of pyridine rings is 1. The molecule has 0 bridgehead atoms. The van der Waals surface area contributed by atoms with Gasteiger partial charge in [-0.25, -0.2) is 4.98 Å². The largest absolute Gasteiger partial charge is 0.495 e. The van der Waals surface area contributed by atoms with E-state index in [9.17, 15) is 0 Å². The van der Waals surface area contributed by atoms with Crippen LogP contribution < -0.4 is 4.74 Å². The third-order valence-corrected chi connectivity index (χ3v) is 2.47. The first-order chi connectivity index (χ1) is 5.81. The average Bonchev–Trinajstić information content (AvgIpc) is 2.47. The molecular formula is C8H7IN2O. The van der Waals surface area contributed by atoms with Crippen molar-refractivity contribution in [2.24, 2.45) is 0 Å². The predicted molar refractivity (Wildman–Crippen MR) is 55.7 cm³/mol. The van der Waals surface area contributed by atoms with Crippen LogP contribution in [0.15, 0.2) is 24.5 Å². The fraction of sp³-hybridized carbons (Fsp3) is 0.125. The molecule has 0 N–H and O–H groups in total. The third-order valence-electron chi connectivity index (χ3n) is 1.69. The van der Waals surface area contributed by atoms with E-state index in [-0.39, 0.29) is 0 Å². The van der Waals surface area contributed by atoms with E-state index in [0.29, 0.717) is 0 Å². The minimum Gasteiger partial charge on any atom is -0.495 e. The van der Waals surface area contributed by atoms with Gasteiger partial charge < -0.3 is 4.74 Å². The number of aromatic nitrogens is 2. The summed E-state index contributed by atoms with van der Waals surface area (Å²) in [6, 6.07) is 3.98. The Hall–Kier alpha value is -0.780. The Kier molecular flexibility index (Phi) is 1.92. The van der Waals surface area contributed by atoms with Crippen LogP contribution in [0.25, 0.3) is 11.0 Å². The van der Waals surface area contributed by atoms with Crippen LogP contribution in [0.1, 0.15) is 0 Å². The fourth-order valence-corrected chi connectivity index (χ4v) is 1.65. The molecule has 0 fully saturated rings. The van der Waals surface area contributed by atoms with Crippen LogP contribution in [0.4, 0.5) is 0 Å². The van der Waals surface area contributed by atoms with E-state index in [2.05, 4.69) is 27.8 Å². The third kappa shape index (κ3) is 1.16. The van der Waals surface area contributed by atoms with Crippen molar-refractivity contribution in [3.63, 3.8) is 0 Å². The number of nitrogens with zero attached hydrogens (tertiary/aromatic N) is 2. The zero-order valence-electron chi connectivity index (χ0n) is 6.49. The van der Waals surface area contributed by atoms with Crippen molar-refractivity contribution in [3.05, 3.63) is 24.5 Å². The Balaban J connectivity index is 2.69. The van der Waals surface area contributed by atoms with Gasteiger partial charge in [0.15, 0.2) is 0 Å². The number of halogens is 1. The van der Waals surface area contributed by atoms with Gasteiger partial charge in [-0.15, -0.1) is 0 Å². The zero-order chi connectivity index (χ0) is 8.55. The van der Waals surface area contributed by atoms with Gasteiger partial charge in [-0.2, -0.15) is 0 Å². The topological polar surface area (TPSA) is 27.1 Å². The van der Waals surface area contributed by atoms with E-state index in [4.69, 9.17) is 4.74 Å². The van der Waals surface area contributed by atoms with Crippen molar-refractivity contribution in [3.8, 4) is 5.75 Å². The Morgan fingerprint density at radius 2 is 2.42 bits per heavy atom. The maximum atomic E-state index is 5.06. The molecule has 0 atom stereocenters. The Labute approximate surface area is 83.8 Å². The highest BCUT2D eigenvalue weighted by Gasteiger charge is 2.00. The highest BCUT2D eigenvalue weighted by molar-refractivity contribution is 14.1. The maximum Gasteiger partial charge on any atom is 0.148 e. The van der Waals surface area contributed by atoms with Gasteiger partial charge in [0.05, 0.1) is 36.2 Å². The van der Waals surface area contributed by atoms with Crippen molar-refractivity contribution in [1.82, 2.24) is 7.76 Å². The smallest absolute Gasteiger partial charge is 0.148 e. The Bertz CT molecular complexity index is 410. The molecule has 0 aromatic carbocycles. The summed E-state index contributed by atoms with van der Waals surface area (Å²) in [6.45, 7) is 0. The molecule has 2 aromatic heterocycles. The first kappa shape index (κ1) is 7.85. The molecule has 62 valence electrons. The maximum absolute atomic E-state index is 5.06. The van der Waals surface area contributed by atoms with Crippen LogP contribution >= 0.6 is 22.9 Å². The summed E-state index contributed by atoms with van der Waals surface area (Å²) in [5.74, 6) is 0.796. The van der Waals surface area contributed by atoms with Crippen LogP contribution in [0.5, 0.6) is 5.75 Å². The predicted octanol–water partition coefficient (Wildman–Crippen LogP) is 2.24. The van der Waals surface area contributed by atoms with Crippen LogP contribution in [0.3, 0.4) is 0 Å². The molecule has 0 aliphatic carbocycles. The lowest BCUT2D eigenvalue weighted by molar-refractivity contribution is 0.413. The minimum absolute atomic E-state index is 0.796. The van der Waals surface area contributed by atoms with E-state index in [1.807, 2.05) is 21.1 Å². The molecule has 12 heavy (non-hydrogen) atoms. The first-order valence-corrected chi connectivity index (χ1v) is 4.45. The van der Waals surface area contributed by atoms with Crippen LogP contribution in [-0.2, 0) is 0 Å². The highest BCUT2D eigenvalue weighted by atomic mass is 127. The van der Waals surface area contributed by atoms with Gasteiger partial charge in [0, 0.05) is 11.6 Å². The lowest BCUT2D eigenvalue weighted by Crippen LogP contribution is -1.85. The van der Waals surface area contributed by atoms with Gasteiger partial charge in [0.25, 0.3) is 0 Å². The lowest BCUT2D eigenvalue weighted by atomic mass is 10.3. The molecule has 0 aliphatic heterocycles. The van der Waals surface area contributed by atoms with E-state index in [1.54, 1.807) is 13.3 Å². The van der Waals surface area contributed by atoms with Crippen molar-refractivity contribution < 1.29 is 4.74 Å². The van der Waals surface area contributed by atoms with Crippen LogP contribution in [-0.4, -0.2) is 14.9 Å². The standard InChI is InChI=1S/C8H7IN2O/c1-12-7-4-6-2-3-11(9)8(6)10-5-7/h2-5H,1H3. The summed E-state index contributed by atoms with van der Waals surface area (Å²) in [4.78, 5) is 4.24. The SMILES string of the molecule is COc1cnc2c(ccn2I)c1. The van der Waals surface area contributed by atoms with Gasteiger partial charge in [-0.3, -0.25) is 2.78 Å². The monoisotopic (exact) mass is 274 g/mol. The molecule has 0 unspecified atom stereocenters. The average molecular weight is 274 g/mol. The summed E-state index contributed by atoms with van der Waals surface area (Å²) in [5, 5.41) is 1.10. The van der Waals surface area contributed by atoms with Crippen LogP contribution in [0.2, 0.25) is 0 Å². The quantitative estimate of drug-likeness (QED) is 0.746. The summed E-state index contributed by atoms with van der Waals surface area (Å²) >= 11 is 2.19. The minimum atomic E-state index is 0.796. The molecule has 0 spiro atoms. The van der Waals surface area contributed by atoms with E-state index in [0.717, 1.165) is 16.8 Å². The zero-order valence-corrected chi connectivity index (χ0v) is 8.65.